The molecule has 8 heteroatoms. The van der Waals surface area contributed by atoms with Crippen LogP contribution in [-0.4, -0.2) is 23.9 Å². The average Bonchev–Trinajstić information content (AvgIpc) is 2.60. The molecule has 8 nitrogen and oxygen atoms in total. The zero-order valence-corrected chi connectivity index (χ0v) is 14.2. The number of nitro benzene ring substituents is 1. The van der Waals surface area contributed by atoms with E-state index in [-0.39, 0.29) is 16.8 Å². The van der Waals surface area contributed by atoms with Crippen molar-refractivity contribution in [1.29, 1.82) is 0 Å². The maximum atomic E-state index is 12.6. The molecule has 0 aliphatic carbocycles. The summed E-state index contributed by atoms with van der Waals surface area (Å²) in [5.41, 5.74) is 0.679. The molecule has 0 spiro atoms. The fourth-order valence-corrected chi connectivity index (χ4v) is 2.56. The molecule has 0 fully saturated rings. The number of carbonyl (C=O) groups is 2. The quantitative estimate of drug-likeness (QED) is 0.592. The third-order valence-electron chi connectivity index (χ3n) is 3.94. The van der Waals surface area contributed by atoms with Gasteiger partial charge in [-0.1, -0.05) is 18.2 Å². The second kappa shape index (κ2) is 8.11. The minimum atomic E-state index is -1.33. The van der Waals surface area contributed by atoms with Gasteiger partial charge in [0.05, 0.1) is 18.1 Å². The molecule has 0 heterocycles. The van der Waals surface area contributed by atoms with Crippen LogP contribution in [0.3, 0.4) is 0 Å². The Bertz CT molecular complexity index is 832. The van der Waals surface area contributed by atoms with Crippen molar-refractivity contribution in [2.24, 2.45) is 0 Å². The van der Waals surface area contributed by atoms with Crippen LogP contribution in [0.5, 0.6) is 5.75 Å². The number of hydrogen-bond donors (Lipinski definition) is 1. The van der Waals surface area contributed by atoms with E-state index in [2.05, 4.69) is 5.32 Å². The lowest BCUT2D eigenvalue weighted by Crippen LogP contribution is -2.34. The van der Waals surface area contributed by atoms with Crippen LogP contribution >= 0.6 is 0 Å². The number of aliphatic carboxylic acids is 1. The Balaban J connectivity index is 2.30. The molecular formula is C18H17N2O6-. The fourth-order valence-electron chi connectivity index (χ4n) is 2.56. The minimum absolute atomic E-state index is 0.107. The molecule has 1 atom stereocenters. The molecule has 2 aromatic rings. The zero-order chi connectivity index (χ0) is 19.3. The van der Waals surface area contributed by atoms with Crippen molar-refractivity contribution in [3.63, 3.8) is 0 Å². The normalized spacial score (nSPS) is 11.5. The second-order valence-electron chi connectivity index (χ2n) is 5.58. The predicted molar refractivity (Wildman–Crippen MR) is 90.7 cm³/mol. The summed E-state index contributed by atoms with van der Waals surface area (Å²) in [6, 6.07) is 9.85. The van der Waals surface area contributed by atoms with Crippen LogP contribution in [0.4, 0.5) is 5.69 Å². The van der Waals surface area contributed by atoms with Crippen LogP contribution in [0.2, 0.25) is 0 Å². The monoisotopic (exact) mass is 357 g/mol. The molecule has 0 saturated heterocycles. The molecular weight excluding hydrogens is 340 g/mol. The number of nitro groups is 1. The van der Waals surface area contributed by atoms with Crippen LogP contribution in [0.1, 0.15) is 33.9 Å². The second-order valence-corrected chi connectivity index (χ2v) is 5.58. The first kappa shape index (κ1) is 18.9. The molecule has 2 aromatic carbocycles. The summed E-state index contributed by atoms with van der Waals surface area (Å²) in [7, 11) is 1.50. The Morgan fingerprint density at radius 3 is 2.38 bits per heavy atom. The van der Waals surface area contributed by atoms with E-state index in [0.29, 0.717) is 11.3 Å². The standard InChI is InChI=1S/C18H18N2O6/c1-11-14(4-3-5-16(11)20(24)25)18(23)19-15(10-17(21)22)12-6-8-13(26-2)9-7-12/h3-9,15H,10H2,1-2H3,(H,19,23)(H,21,22)/p-1/t15-/m0/s1. The van der Waals surface area contributed by atoms with Crippen LogP contribution in [0, 0.1) is 17.0 Å². The van der Waals surface area contributed by atoms with Crippen molar-refractivity contribution >= 4 is 17.6 Å². The maximum absolute atomic E-state index is 12.6. The summed E-state index contributed by atoms with van der Waals surface area (Å²) in [5.74, 6) is -1.35. The van der Waals surface area contributed by atoms with Gasteiger partial charge in [-0.2, -0.15) is 0 Å². The third-order valence-corrected chi connectivity index (χ3v) is 3.94. The molecule has 136 valence electrons. The molecule has 2 rings (SSSR count). The van der Waals surface area contributed by atoms with Crippen molar-refractivity contribution in [3.05, 3.63) is 69.3 Å². The van der Waals surface area contributed by atoms with Gasteiger partial charge >= 0.3 is 0 Å². The van der Waals surface area contributed by atoms with E-state index < -0.39 is 29.3 Å². The van der Waals surface area contributed by atoms with Gasteiger partial charge in [0.25, 0.3) is 11.6 Å². The van der Waals surface area contributed by atoms with Crippen molar-refractivity contribution < 1.29 is 24.4 Å². The lowest BCUT2D eigenvalue weighted by atomic mass is 10.0. The van der Waals surface area contributed by atoms with Crippen molar-refractivity contribution in [1.82, 2.24) is 5.32 Å². The maximum Gasteiger partial charge on any atom is 0.273 e. The van der Waals surface area contributed by atoms with Crippen LogP contribution in [-0.2, 0) is 4.79 Å². The van der Waals surface area contributed by atoms with E-state index >= 15 is 0 Å². The van der Waals surface area contributed by atoms with Gasteiger partial charge in [-0.15, -0.1) is 0 Å². The van der Waals surface area contributed by atoms with Gasteiger partial charge in [-0.05, 0) is 30.7 Å². The highest BCUT2D eigenvalue weighted by atomic mass is 16.6. The number of carbonyl (C=O) groups excluding carboxylic acids is 2. The number of nitrogens with zero attached hydrogens (tertiary/aromatic N) is 1. The Morgan fingerprint density at radius 1 is 1.19 bits per heavy atom. The Labute approximate surface area is 149 Å². The van der Waals surface area contributed by atoms with Gasteiger partial charge in [0.1, 0.15) is 5.75 Å². The van der Waals surface area contributed by atoms with Crippen molar-refractivity contribution in [2.45, 2.75) is 19.4 Å². The van der Waals surface area contributed by atoms with Gasteiger partial charge in [0.2, 0.25) is 0 Å². The number of carboxylic acid groups (broad SMARTS) is 1. The first-order chi connectivity index (χ1) is 12.3. The van der Waals surface area contributed by atoms with E-state index in [0.717, 1.165) is 0 Å². The summed E-state index contributed by atoms with van der Waals surface area (Å²) in [4.78, 5) is 34.1. The van der Waals surface area contributed by atoms with Crippen molar-refractivity contribution in [2.75, 3.05) is 7.11 Å². The van der Waals surface area contributed by atoms with Crippen LogP contribution in [0.25, 0.3) is 0 Å². The summed E-state index contributed by atoms with van der Waals surface area (Å²) < 4.78 is 5.05. The number of rotatable bonds is 7. The number of methoxy groups -OCH3 is 1. The smallest absolute Gasteiger partial charge is 0.273 e. The molecule has 0 aromatic heterocycles. The summed E-state index contributed by atoms with van der Waals surface area (Å²) >= 11 is 0. The van der Waals surface area contributed by atoms with Gasteiger partial charge in [0.15, 0.2) is 0 Å². The number of carboxylic acids is 1. The van der Waals surface area contributed by atoms with Gasteiger partial charge in [0, 0.05) is 29.6 Å². The number of nitrogens with one attached hydrogen (secondary N) is 1. The number of hydrogen-bond acceptors (Lipinski definition) is 6. The Kier molecular flexibility index (Phi) is 5.90. The molecule has 0 unspecified atom stereocenters. The van der Waals surface area contributed by atoms with Crippen LogP contribution < -0.4 is 15.2 Å². The van der Waals surface area contributed by atoms with Gasteiger partial charge in [-0.25, -0.2) is 0 Å². The first-order valence-corrected chi connectivity index (χ1v) is 7.72. The third kappa shape index (κ3) is 4.35. The molecule has 26 heavy (non-hydrogen) atoms. The van der Waals surface area contributed by atoms with E-state index in [1.807, 2.05) is 0 Å². The van der Waals surface area contributed by atoms with Crippen LogP contribution in [0.15, 0.2) is 42.5 Å². The van der Waals surface area contributed by atoms with E-state index in [1.165, 1.54) is 32.2 Å². The lowest BCUT2D eigenvalue weighted by Gasteiger charge is -2.20. The molecule has 0 bridgehead atoms. The number of ether oxygens (including phenoxy) is 1. The fraction of sp³-hybridized carbons (Fsp3) is 0.222. The summed E-state index contributed by atoms with van der Waals surface area (Å²) in [6.07, 6.45) is -0.438. The highest BCUT2D eigenvalue weighted by Crippen LogP contribution is 2.24. The van der Waals surface area contributed by atoms with E-state index in [9.17, 15) is 24.8 Å². The van der Waals surface area contributed by atoms with E-state index in [1.54, 1.807) is 24.3 Å². The zero-order valence-electron chi connectivity index (χ0n) is 14.2. The SMILES string of the molecule is COc1ccc([C@H](CC(=O)[O-])NC(=O)c2cccc([N+](=O)[O-])c2C)cc1. The van der Waals surface area contributed by atoms with Gasteiger partial charge in [-0.3, -0.25) is 14.9 Å². The van der Waals surface area contributed by atoms with Gasteiger partial charge < -0.3 is 20.0 Å². The molecule has 1 amide bonds. The largest absolute Gasteiger partial charge is 0.550 e. The summed E-state index contributed by atoms with van der Waals surface area (Å²) in [5, 5.41) is 24.7. The lowest BCUT2D eigenvalue weighted by molar-refractivity contribution is -0.385. The average molecular weight is 357 g/mol. The van der Waals surface area contributed by atoms with Crippen molar-refractivity contribution in [3.8, 4) is 5.75 Å². The highest BCUT2D eigenvalue weighted by Gasteiger charge is 2.21. The molecule has 0 radical (unpaired) electrons. The summed E-state index contributed by atoms with van der Waals surface area (Å²) in [6.45, 7) is 1.47. The Hall–Kier alpha value is -3.42. The molecule has 1 N–H and O–H groups in total. The number of amides is 1. The first-order valence-electron chi connectivity index (χ1n) is 7.72. The molecule has 0 saturated carbocycles. The predicted octanol–water partition coefficient (Wildman–Crippen LogP) is 1.52. The molecule has 0 aliphatic heterocycles. The topological polar surface area (TPSA) is 122 Å². The Morgan fingerprint density at radius 2 is 1.85 bits per heavy atom. The minimum Gasteiger partial charge on any atom is -0.550 e. The molecule has 0 aliphatic rings. The number of benzene rings is 2. The van der Waals surface area contributed by atoms with E-state index in [4.69, 9.17) is 4.74 Å². The highest BCUT2D eigenvalue weighted by molar-refractivity contribution is 5.97.